The maximum atomic E-state index is 13.7. The van der Waals surface area contributed by atoms with Crippen LogP contribution in [0.1, 0.15) is 38.9 Å². The van der Waals surface area contributed by atoms with Crippen molar-refractivity contribution >= 4 is 11.9 Å². The zero-order chi connectivity index (χ0) is 25.2. The summed E-state index contributed by atoms with van der Waals surface area (Å²) in [6, 6.07) is 10.9. The van der Waals surface area contributed by atoms with Crippen molar-refractivity contribution in [2.24, 2.45) is 0 Å². The topological polar surface area (TPSA) is 82.9 Å². The molecule has 0 saturated heterocycles. The lowest BCUT2D eigenvalue weighted by atomic mass is 10.1. The molecular weight excluding hydrogens is 467 g/mol. The summed E-state index contributed by atoms with van der Waals surface area (Å²) in [6.07, 6.45) is -4.03. The second-order valence-electron chi connectivity index (χ2n) is 7.72. The molecule has 0 N–H and O–H groups in total. The molecular formula is C24H22F3N3O5. The number of aromatic nitrogens is 2. The summed E-state index contributed by atoms with van der Waals surface area (Å²) in [5, 5.41) is 3.74. The van der Waals surface area contributed by atoms with E-state index in [4.69, 9.17) is 14.2 Å². The highest BCUT2D eigenvalue weighted by Crippen LogP contribution is 2.34. The maximum Gasteiger partial charge on any atom is 0.434 e. The van der Waals surface area contributed by atoms with Crippen LogP contribution in [-0.2, 0) is 17.5 Å². The molecule has 1 amide bonds. The quantitative estimate of drug-likeness (QED) is 0.485. The molecule has 2 heterocycles. The van der Waals surface area contributed by atoms with Gasteiger partial charge >= 0.3 is 12.1 Å². The summed E-state index contributed by atoms with van der Waals surface area (Å²) in [4.78, 5) is 26.3. The van der Waals surface area contributed by atoms with Gasteiger partial charge in [-0.1, -0.05) is 6.07 Å². The Balaban J connectivity index is 1.53. The van der Waals surface area contributed by atoms with Crippen LogP contribution in [0.15, 0.2) is 48.7 Å². The van der Waals surface area contributed by atoms with Gasteiger partial charge in [-0.2, -0.15) is 18.3 Å². The van der Waals surface area contributed by atoms with Crippen LogP contribution in [0.5, 0.6) is 11.5 Å². The van der Waals surface area contributed by atoms with Crippen molar-refractivity contribution in [3.8, 4) is 17.2 Å². The van der Waals surface area contributed by atoms with Crippen LogP contribution < -0.4 is 9.47 Å². The number of carbonyl (C=O) groups excluding carboxylic acids is 2. The molecule has 1 aliphatic heterocycles. The average molecular weight is 489 g/mol. The Kier molecular flexibility index (Phi) is 6.68. The third-order valence-corrected chi connectivity index (χ3v) is 5.26. The molecule has 1 aliphatic rings. The number of halogens is 3. The van der Waals surface area contributed by atoms with Crippen LogP contribution in [0.25, 0.3) is 5.69 Å². The van der Waals surface area contributed by atoms with Crippen molar-refractivity contribution in [2.45, 2.75) is 19.6 Å². The number of carbonyl (C=O) groups is 2. The van der Waals surface area contributed by atoms with E-state index in [-0.39, 0.29) is 30.3 Å². The van der Waals surface area contributed by atoms with Gasteiger partial charge in [-0.3, -0.25) is 4.79 Å². The minimum Gasteiger partial charge on any atom is -0.486 e. The number of alkyl halides is 3. The van der Waals surface area contributed by atoms with E-state index in [9.17, 15) is 22.8 Å². The Morgan fingerprint density at radius 2 is 1.77 bits per heavy atom. The first kappa shape index (κ1) is 24.1. The van der Waals surface area contributed by atoms with Crippen molar-refractivity contribution in [1.82, 2.24) is 14.7 Å². The fourth-order valence-electron chi connectivity index (χ4n) is 3.67. The first-order chi connectivity index (χ1) is 16.7. The molecule has 0 bridgehead atoms. The van der Waals surface area contributed by atoms with E-state index >= 15 is 0 Å². The highest BCUT2D eigenvalue weighted by molar-refractivity contribution is 5.94. The van der Waals surface area contributed by atoms with Gasteiger partial charge in [-0.15, -0.1) is 0 Å². The molecule has 184 valence electrons. The normalized spacial score (nSPS) is 12.8. The van der Waals surface area contributed by atoms with Gasteiger partial charge in [0.15, 0.2) is 17.2 Å². The molecule has 11 heteroatoms. The van der Waals surface area contributed by atoms with Gasteiger partial charge in [0.2, 0.25) is 0 Å². The van der Waals surface area contributed by atoms with Gasteiger partial charge in [0, 0.05) is 19.2 Å². The van der Waals surface area contributed by atoms with Gasteiger partial charge in [0.05, 0.1) is 18.5 Å². The van der Waals surface area contributed by atoms with Crippen molar-refractivity contribution < 1.29 is 37.0 Å². The van der Waals surface area contributed by atoms with Gasteiger partial charge in [0.1, 0.15) is 18.8 Å². The third-order valence-electron chi connectivity index (χ3n) is 5.26. The number of amides is 1. The lowest BCUT2D eigenvalue weighted by Gasteiger charge is -2.21. The SMILES string of the molecule is CCOC(=O)c1cnn(-c2ccc(C(=O)N(C)Cc3ccc4c(c3)OCCO4)cc2)c1C(F)(F)F. The second-order valence-corrected chi connectivity index (χ2v) is 7.72. The summed E-state index contributed by atoms with van der Waals surface area (Å²) in [6.45, 7) is 2.64. The zero-order valence-electron chi connectivity index (χ0n) is 19.0. The Morgan fingerprint density at radius 3 is 2.43 bits per heavy atom. The number of rotatable bonds is 6. The van der Waals surface area contributed by atoms with Crippen molar-refractivity contribution in [3.63, 3.8) is 0 Å². The molecule has 8 nitrogen and oxygen atoms in total. The maximum absolute atomic E-state index is 13.7. The molecule has 0 atom stereocenters. The minimum absolute atomic E-state index is 0.0407. The van der Waals surface area contributed by atoms with E-state index in [0.717, 1.165) is 11.8 Å². The van der Waals surface area contributed by atoms with E-state index in [1.807, 2.05) is 6.07 Å². The predicted molar refractivity (Wildman–Crippen MR) is 118 cm³/mol. The van der Waals surface area contributed by atoms with Crippen LogP contribution >= 0.6 is 0 Å². The van der Waals surface area contributed by atoms with Gasteiger partial charge in [0.25, 0.3) is 5.91 Å². The minimum atomic E-state index is -4.85. The number of ether oxygens (including phenoxy) is 3. The van der Waals surface area contributed by atoms with Gasteiger partial charge < -0.3 is 19.1 Å². The number of esters is 1. The number of nitrogens with zero attached hydrogens (tertiary/aromatic N) is 3. The number of hydrogen-bond donors (Lipinski definition) is 0. The number of hydrogen-bond acceptors (Lipinski definition) is 6. The van der Waals surface area contributed by atoms with E-state index < -0.39 is 23.4 Å². The first-order valence-electron chi connectivity index (χ1n) is 10.8. The first-order valence-corrected chi connectivity index (χ1v) is 10.8. The molecule has 0 spiro atoms. The van der Waals surface area contributed by atoms with Crippen molar-refractivity contribution in [3.05, 3.63) is 71.0 Å². The molecule has 4 rings (SSSR count). The second kappa shape index (κ2) is 9.69. The summed E-state index contributed by atoms with van der Waals surface area (Å²) >= 11 is 0. The Hall–Kier alpha value is -4.02. The van der Waals surface area contributed by atoms with E-state index in [1.165, 1.54) is 36.1 Å². The van der Waals surface area contributed by atoms with Gasteiger partial charge in [-0.05, 0) is 48.9 Å². The zero-order valence-corrected chi connectivity index (χ0v) is 19.0. The largest absolute Gasteiger partial charge is 0.486 e. The monoisotopic (exact) mass is 489 g/mol. The lowest BCUT2D eigenvalue weighted by molar-refractivity contribution is -0.143. The van der Waals surface area contributed by atoms with Crippen LogP contribution in [0, 0.1) is 0 Å². The molecule has 3 aromatic rings. The highest BCUT2D eigenvalue weighted by Gasteiger charge is 2.41. The smallest absolute Gasteiger partial charge is 0.434 e. The Bertz CT molecular complexity index is 1240. The van der Waals surface area contributed by atoms with Crippen molar-refractivity contribution in [2.75, 3.05) is 26.9 Å². The van der Waals surface area contributed by atoms with Crippen molar-refractivity contribution in [1.29, 1.82) is 0 Å². The fraction of sp³-hybridized carbons (Fsp3) is 0.292. The molecule has 0 fully saturated rings. The van der Waals surface area contributed by atoms with E-state index in [2.05, 4.69) is 5.10 Å². The van der Waals surface area contributed by atoms with Gasteiger partial charge in [-0.25, -0.2) is 9.48 Å². The summed E-state index contributed by atoms with van der Waals surface area (Å²) in [5.41, 5.74) is -0.775. The molecule has 0 unspecified atom stereocenters. The highest BCUT2D eigenvalue weighted by atomic mass is 19.4. The molecule has 35 heavy (non-hydrogen) atoms. The average Bonchev–Trinajstić information content (AvgIpc) is 3.30. The van der Waals surface area contributed by atoms with Crippen LogP contribution in [-0.4, -0.2) is 53.4 Å². The molecule has 0 radical (unpaired) electrons. The standard InChI is InChI=1S/C24H22F3N3O5/c1-3-33-23(32)18-13-28-30(21(18)24(25,26)27)17-7-5-16(6-8-17)22(31)29(2)14-15-4-9-19-20(12-15)35-11-10-34-19/h4-9,12-13H,3,10-11,14H2,1-2H3. The molecule has 1 aromatic heterocycles. The molecule has 2 aromatic carbocycles. The Labute approximate surface area is 198 Å². The predicted octanol–water partition coefficient (Wildman–Crippen LogP) is 4.11. The van der Waals surface area contributed by atoms with Crippen LogP contribution in [0.2, 0.25) is 0 Å². The van der Waals surface area contributed by atoms with Crippen LogP contribution in [0.3, 0.4) is 0 Å². The summed E-state index contributed by atoms with van der Waals surface area (Å²) in [5.74, 6) is -0.179. The third kappa shape index (κ3) is 5.08. The van der Waals surface area contributed by atoms with E-state index in [0.29, 0.717) is 29.4 Å². The Morgan fingerprint density at radius 1 is 1.09 bits per heavy atom. The molecule has 0 aliphatic carbocycles. The molecule has 0 saturated carbocycles. The van der Waals surface area contributed by atoms with E-state index in [1.54, 1.807) is 19.2 Å². The number of fused-ring (bicyclic) bond motifs is 1. The number of benzene rings is 2. The summed E-state index contributed by atoms with van der Waals surface area (Å²) in [7, 11) is 1.62. The van der Waals surface area contributed by atoms with Crippen LogP contribution in [0.4, 0.5) is 13.2 Å². The lowest BCUT2D eigenvalue weighted by Crippen LogP contribution is -2.26. The fourth-order valence-corrected chi connectivity index (χ4v) is 3.67. The summed E-state index contributed by atoms with van der Waals surface area (Å²) < 4.78 is 57.5.